The van der Waals surface area contributed by atoms with E-state index in [2.05, 4.69) is 41.5 Å². The summed E-state index contributed by atoms with van der Waals surface area (Å²) < 4.78 is 5.16. The highest BCUT2D eigenvalue weighted by Crippen LogP contribution is 2.26. The van der Waals surface area contributed by atoms with Gasteiger partial charge in [0, 0.05) is 30.4 Å². The Bertz CT molecular complexity index is 537. The monoisotopic (exact) mass is 244 g/mol. The zero-order valence-electron chi connectivity index (χ0n) is 11.3. The van der Waals surface area contributed by atoms with Crippen molar-refractivity contribution < 1.29 is 4.74 Å². The van der Waals surface area contributed by atoms with Crippen LogP contribution in [-0.2, 0) is 11.2 Å². The van der Waals surface area contributed by atoms with Crippen molar-refractivity contribution in [2.24, 2.45) is 0 Å². The van der Waals surface area contributed by atoms with Gasteiger partial charge in [-0.1, -0.05) is 18.2 Å². The topological polar surface area (TPSA) is 34.2 Å². The third kappa shape index (κ3) is 2.62. The highest BCUT2D eigenvalue weighted by molar-refractivity contribution is 5.93. The van der Waals surface area contributed by atoms with Crippen molar-refractivity contribution in [1.82, 2.24) is 4.98 Å². The van der Waals surface area contributed by atoms with Crippen LogP contribution >= 0.6 is 0 Å². The van der Waals surface area contributed by atoms with Crippen molar-refractivity contribution in [3.63, 3.8) is 0 Å². The molecule has 0 aliphatic rings. The zero-order valence-corrected chi connectivity index (χ0v) is 11.3. The first kappa shape index (κ1) is 12.8. The van der Waals surface area contributed by atoms with Crippen molar-refractivity contribution in [3.8, 4) is 0 Å². The van der Waals surface area contributed by atoms with Gasteiger partial charge < -0.3 is 10.1 Å². The maximum atomic E-state index is 5.16. The van der Waals surface area contributed by atoms with Gasteiger partial charge in [0.1, 0.15) is 0 Å². The Labute approximate surface area is 108 Å². The SMILES string of the molecule is CCNc1cc(C)nc2c(CCOC)cccc12. The molecule has 0 radical (unpaired) electrons. The number of hydrogen-bond acceptors (Lipinski definition) is 3. The lowest BCUT2D eigenvalue weighted by atomic mass is 10.1. The minimum atomic E-state index is 0.727. The molecule has 3 nitrogen and oxygen atoms in total. The smallest absolute Gasteiger partial charge is 0.0758 e. The second kappa shape index (κ2) is 5.83. The summed E-state index contributed by atoms with van der Waals surface area (Å²) in [4.78, 5) is 4.68. The van der Waals surface area contributed by atoms with Crippen molar-refractivity contribution in [1.29, 1.82) is 0 Å². The molecule has 0 saturated carbocycles. The van der Waals surface area contributed by atoms with Crippen molar-refractivity contribution >= 4 is 16.6 Å². The van der Waals surface area contributed by atoms with Crippen LogP contribution in [0.2, 0.25) is 0 Å². The fraction of sp³-hybridized carbons (Fsp3) is 0.400. The zero-order chi connectivity index (χ0) is 13.0. The third-order valence-corrected chi connectivity index (χ3v) is 2.99. The van der Waals surface area contributed by atoms with Gasteiger partial charge in [-0.05, 0) is 31.9 Å². The van der Waals surface area contributed by atoms with Crippen LogP contribution in [0.4, 0.5) is 5.69 Å². The molecule has 96 valence electrons. The van der Waals surface area contributed by atoms with E-state index >= 15 is 0 Å². The van der Waals surface area contributed by atoms with Crippen LogP contribution in [0.25, 0.3) is 10.9 Å². The van der Waals surface area contributed by atoms with Gasteiger partial charge in [-0.3, -0.25) is 4.98 Å². The molecule has 1 aromatic carbocycles. The minimum Gasteiger partial charge on any atom is -0.385 e. The molecular weight excluding hydrogens is 224 g/mol. The number of fused-ring (bicyclic) bond motifs is 1. The molecule has 0 bridgehead atoms. The van der Waals surface area contributed by atoms with Gasteiger partial charge in [0.2, 0.25) is 0 Å². The Morgan fingerprint density at radius 1 is 1.33 bits per heavy atom. The molecule has 0 aliphatic heterocycles. The molecule has 2 aromatic rings. The number of nitrogens with zero attached hydrogens (tertiary/aromatic N) is 1. The first-order valence-electron chi connectivity index (χ1n) is 6.38. The number of nitrogens with one attached hydrogen (secondary N) is 1. The molecule has 0 unspecified atom stereocenters. The molecule has 18 heavy (non-hydrogen) atoms. The number of para-hydroxylation sites is 1. The maximum Gasteiger partial charge on any atom is 0.0758 e. The molecule has 2 rings (SSSR count). The van der Waals surface area contributed by atoms with Gasteiger partial charge in [0.15, 0.2) is 0 Å². The Kier molecular flexibility index (Phi) is 4.15. The van der Waals surface area contributed by atoms with Crippen LogP contribution in [0, 0.1) is 6.92 Å². The summed E-state index contributed by atoms with van der Waals surface area (Å²) >= 11 is 0. The van der Waals surface area contributed by atoms with Crippen LogP contribution in [0.5, 0.6) is 0 Å². The number of methoxy groups -OCH3 is 1. The predicted octanol–water partition coefficient (Wildman–Crippen LogP) is 3.16. The van der Waals surface area contributed by atoms with Gasteiger partial charge >= 0.3 is 0 Å². The number of aryl methyl sites for hydroxylation is 1. The van der Waals surface area contributed by atoms with Crippen molar-refractivity contribution in [3.05, 3.63) is 35.5 Å². The van der Waals surface area contributed by atoms with Gasteiger partial charge in [-0.15, -0.1) is 0 Å². The first-order valence-corrected chi connectivity index (χ1v) is 6.38. The number of anilines is 1. The van der Waals surface area contributed by atoms with Crippen LogP contribution in [-0.4, -0.2) is 25.2 Å². The largest absolute Gasteiger partial charge is 0.385 e. The van der Waals surface area contributed by atoms with Crippen LogP contribution in [0.3, 0.4) is 0 Å². The summed E-state index contributed by atoms with van der Waals surface area (Å²) in [7, 11) is 1.73. The molecule has 0 fully saturated rings. The Morgan fingerprint density at radius 2 is 2.17 bits per heavy atom. The fourth-order valence-corrected chi connectivity index (χ4v) is 2.19. The summed E-state index contributed by atoms with van der Waals surface area (Å²) in [6.07, 6.45) is 0.899. The summed E-state index contributed by atoms with van der Waals surface area (Å²) in [5.41, 5.74) is 4.55. The number of benzene rings is 1. The summed E-state index contributed by atoms with van der Waals surface area (Å²) in [5, 5.41) is 4.59. The molecule has 1 heterocycles. The number of ether oxygens (including phenoxy) is 1. The quantitative estimate of drug-likeness (QED) is 0.877. The Balaban J connectivity index is 2.54. The Morgan fingerprint density at radius 3 is 2.89 bits per heavy atom. The Hall–Kier alpha value is -1.61. The van der Waals surface area contributed by atoms with Gasteiger partial charge in [0.05, 0.1) is 12.1 Å². The summed E-state index contributed by atoms with van der Waals surface area (Å²) in [6, 6.07) is 8.44. The van der Waals surface area contributed by atoms with E-state index < -0.39 is 0 Å². The van der Waals surface area contributed by atoms with Crippen LogP contribution < -0.4 is 5.32 Å². The lowest BCUT2D eigenvalue weighted by Gasteiger charge is -2.12. The normalized spacial score (nSPS) is 10.8. The molecule has 0 spiro atoms. The van der Waals surface area contributed by atoms with E-state index in [1.807, 2.05) is 6.92 Å². The number of rotatable bonds is 5. The molecule has 0 atom stereocenters. The minimum absolute atomic E-state index is 0.727. The molecule has 0 saturated heterocycles. The molecule has 1 aromatic heterocycles. The summed E-state index contributed by atoms with van der Waals surface area (Å²) in [6.45, 7) is 5.79. The highest BCUT2D eigenvalue weighted by Gasteiger charge is 2.07. The van der Waals surface area contributed by atoms with Crippen LogP contribution in [0.1, 0.15) is 18.2 Å². The fourth-order valence-electron chi connectivity index (χ4n) is 2.19. The van der Waals surface area contributed by atoms with Crippen molar-refractivity contribution in [2.75, 3.05) is 25.6 Å². The van der Waals surface area contributed by atoms with E-state index in [-0.39, 0.29) is 0 Å². The van der Waals surface area contributed by atoms with E-state index in [9.17, 15) is 0 Å². The predicted molar refractivity (Wildman–Crippen MR) is 76.2 cm³/mol. The van der Waals surface area contributed by atoms with Gasteiger partial charge in [-0.25, -0.2) is 0 Å². The number of aromatic nitrogens is 1. The standard InChI is InChI=1S/C15H20N2O/c1-4-16-14-10-11(2)17-15-12(8-9-18-3)6-5-7-13(14)15/h5-7,10H,4,8-9H2,1-3H3,(H,16,17). The molecule has 0 aliphatic carbocycles. The first-order chi connectivity index (χ1) is 8.76. The molecule has 1 N–H and O–H groups in total. The second-order valence-electron chi connectivity index (χ2n) is 4.40. The maximum absolute atomic E-state index is 5.16. The van der Waals surface area contributed by atoms with E-state index in [0.29, 0.717) is 0 Å². The third-order valence-electron chi connectivity index (χ3n) is 2.99. The molecule has 3 heteroatoms. The molecular formula is C15H20N2O. The average Bonchev–Trinajstić information content (AvgIpc) is 2.36. The highest BCUT2D eigenvalue weighted by atomic mass is 16.5. The number of pyridine rings is 1. The van der Waals surface area contributed by atoms with Crippen LogP contribution in [0.15, 0.2) is 24.3 Å². The lowest BCUT2D eigenvalue weighted by molar-refractivity contribution is 0.202. The second-order valence-corrected chi connectivity index (χ2v) is 4.40. The van der Waals surface area contributed by atoms with E-state index in [1.54, 1.807) is 7.11 Å². The van der Waals surface area contributed by atoms with E-state index in [1.165, 1.54) is 16.6 Å². The average molecular weight is 244 g/mol. The van der Waals surface area contributed by atoms with Gasteiger partial charge in [0.25, 0.3) is 0 Å². The number of hydrogen-bond donors (Lipinski definition) is 1. The van der Waals surface area contributed by atoms with Gasteiger partial charge in [-0.2, -0.15) is 0 Å². The van der Waals surface area contributed by atoms with Crippen molar-refractivity contribution in [2.45, 2.75) is 20.3 Å². The summed E-state index contributed by atoms with van der Waals surface area (Å²) in [5.74, 6) is 0. The molecule has 0 amide bonds. The lowest BCUT2D eigenvalue weighted by Crippen LogP contribution is -2.02. The van der Waals surface area contributed by atoms with E-state index in [0.717, 1.165) is 30.8 Å². The van der Waals surface area contributed by atoms with E-state index in [4.69, 9.17) is 4.74 Å².